The average Bonchev–Trinajstić information content (AvgIpc) is 2.79. The first-order valence-electron chi connectivity index (χ1n) is 10.6. The number of methoxy groups -OCH3 is 1. The molecular weight excluding hydrogens is 476 g/mol. The number of carbonyl (C=O) groups excluding carboxylic acids is 3. The number of carbonyl (C=O) groups is 3. The van der Waals surface area contributed by atoms with E-state index in [1.165, 1.54) is 31.7 Å². The van der Waals surface area contributed by atoms with Gasteiger partial charge in [0, 0.05) is 21.8 Å². The van der Waals surface area contributed by atoms with Gasteiger partial charge in [0.15, 0.2) is 18.1 Å². The molecule has 1 aliphatic rings. The monoisotopic (exact) mass is 502 g/mol. The molecule has 2 aromatic rings. The van der Waals surface area contributed by atoms with E-state index in [1.54, 1.807) is 6.07 Å². The van der Waals surface area contributed by atoms with E-state index in [1.807, 2.05) is 19.1 Å². The Hall–Kier alpha value is -2.87. The van der Waals surface area contributed by atoms with E-state index >= 15 is 0 Å². The van der Waals surface area contributed by atoms with E-state index in [9.17, 15) is 14.4 Å². The van der Waals surface area contributed by atoms with Crippen molar-refractivity contribution in [2.24, 2.45) is 0 Å². The molecule has 0 aliphatic heterocycles. The van der Waals surface area contributed by atoms with Gasteiger partial charge < -0.3 is 20.1 Å². The summed E-state index contributed by atoms with van der Waals surface area (Å²) in [5, 5.41) is 5.62. The van der Waals surface area contributed by atoms with Crippen LogP contribution in [-0.4, -0.2) is 37.4 Å². The summed E-state index contributed by atoms with van der Waals surface area (Å²) in [7, 11) is 1.43. The van der Waals surface area contributed by atoms with Crippen molar-refractivity contribution in [1.82, 2.24) is 5.32 Å². The summed E-state index contributed by atoms with van der Waals surface area (Å²) in [6, 6.07) is 10.1. The maximum atomic E-state index is 12.5. The highest BCUT2D eigenvalue weighted by atomic mass is 79.9. The lowest BCUT2D eigenvalue weighted by atomic mass is 9.95. The Labute approximate surface area is 196 Å². The fourth-order valence-corrected chi connectivity index (χ4v) is 4.13. The molecule has 0 radical (unpaired) electrons. The summed E-state index contributed by atoms with van der Waals surface area (Å²) >= 11 is 3.39. The average molecular weight is 503 g/mol. The van der Waals surface area contributed by atoms with Gasteiger partial charge in [-0.1, -0.05) is 35.2 Å². The van der Waals surface area contributed by atoms with Gasteiger partial charge >= 0.3 is 0 Å². The van der Waals surface area contributed by atoms with Gasteiger partial charge in [0.1, 0.15) is 0 Å². The first-order chi connectivity index (χ1) is 15.4. The van der Waals surface area contributed by atoms with Crippen molar-refractivity contribution >= 4 is 39.2 Å². The minimum Gasteiger partial charge on any atom is -0.493 e. The second-order valence-electron chi connectivity index (χ2n) is 7.80. The van der Waals surface area contributed by atoms with Gasteiger partial charge in [0.25, 0.3) is 11.8 Å². The topological polar surface area (TPSA) is 93.7 Å². The SMILES string of the molecule is COc1cc(C(=O)C(=O)NC2CCCCC2)ccc1OCC(=O)Nc1ccc(Br)cc1C. The number of hydrogen-bond acceptors (Lipinski definition) is 5. The number of anilines is 1. The Morgan fingerprint density at radius 3 is 2.47 bits per heavy atom. The molecule has 1 aliphatic carbocycles. The second-order valence-corrected chi connectivity index (χ2v) is 8.71. The van der Waals surface area contributed by atoms with Crippen molar-refractivity contribution in [3.8, 4) is 11.5 Å². The molecule has 2 aromatic carbocycles. The highest BCUT2D eigenvalue weighted by Gasteiger charge is 2.23. The fraction of sp³-hybridized carbons (Fsp3) is 0.375. The third-order valence-electron chi connectivity index (χ3n) is 5.39. The third-order valence-corrected chi connectivity index (χ3v) is 5.89. The molecule has 0 atom stereocenters. The molecule has 1 saturated carbocycles. The van der Waals surface area contributed by atoms with Crippen molar-refractivity contribution in [3.63, 3.8) is 0 Å². The highest BCUT2D eigenvalue weighted by Crippen LogP contribution is 2.28. The van der Waals surface area contributed by atoms with Crippen LogP contribution in [0.3, 0.4) is 0 Å². The molecule has 0 aromatic heterocycles. The van der Waals surface area contributed by atoms with Crippen LogP contribution in [0.25, 0.3) is 0 Å². The summed E-state index contributed by atoms with van der Waals surface area (Å²) in [4.78, 5) is 37.2. The van der Waals surface area contributed by atoms with Crippen LogP contribution in [0.2, 0.25) is 0 Å². The molecule has 0 heterocycles. The molecule has 0 unspecified atom stereocenters. The fourth-order valence-electron chi connectivity index (χ4n) is 3.65. The number of hydrogen-bond donors (Lipinski definition) is 2. The molecule has 3 rings (SSSR count). The van der Waals surface area contributed by atoms with E-state index in [4.69, 9.17) is 9.47 Å². The molecule has 0 saturated heterocycles. The number of rotatable bonds is 8. The Morgan fingerprint density at radius 1 is 1.03 bits per heavy atom. The lowest BCUT2D eigenvalue weighted by Gasteiger charge is -2.22. The van der Waals surface area contributed by atoms with Crippen molar-refractivity contribution in [3.05, 3.63) is 52.0 Å². The molecule has 7 nitrogen and oxygen atoms in total. The number of Topliss-reactive ketones (excluding diaryl/α,β-unsaturated/α-hetero) is 1. The molecular formula is C24H27BrN2O5. The maximum absolute atomic E-state index is 12.5. The zero-order valence-corrected chi connectivity index (χ0v) is 19.8. The van der Waals surface area contributed by atoms with Crippen molar-refractivity contribution < 1.29 is 23.9 Å². The lowest BCUT2D eigenvalue weighted by Crippen LogP contribution is -2.40. The van der Waals surface area contributed by atoms with Crippen LogP contribution in [0.15, 0.2) is 40.9 Å². The van der Waals surface area contributed by atoms with Crippen LogP contribution in [0, 0.1) is 6.92 Å². The van der Waals surface area contributed by atoms with Crippen molar-refractivity contribution in [2.75, 3.05) is 19.0 Å². The smallest absolute Gasteiger partial charge is 0.292 e. The number of benzene rings is 2. The zero-order valence-electron chi connectivity index (χ0n) is 18.2. The van der Waals surface area contributed by atoms with Crippen LogP contribution in [0.1, 0.15) is 48.0 Å². The Kier molecular flexibility index (Phi) is 8.27. The largest absolute Gasteiger partial charge is 0.493 e. The van der Waals surface area contributed by atoms with Crippen LogP contribution < -0.4 is 20.1 Å². The Bertz CT molecular complexity index is 1000. The highest BCUT2D eigenvalue weighted by molar-refractivity contribution is 9.10. The first kappa shape index (κ1) is 23.8. The van der Waals surface area contributed by atoms with Crippen LogP contribution in [-0.2, 0) is 9.59 Å². The number of nitrogens with one attached hydrogen (secondary N) is 2. The third kappa shape index (κ3) is 6.32. The number of ketones is 1. The van der Waals surface area contributed by atoms with Gasteiger partial charge in [-0.2, -0.15) is 0 Å². The van der Waals surface area contributed by atoms with E-state index in [2.05, 4.69) is 26.6 Å². The molecule has 2 N–H and O–H groups in total. The van der Waals surface area contributed by atoms with Gasteiger partial charge in [0.05, 0.1) is 7.11 Å². The molecule has 32 heavy (non-hydrogen) atoms. The van der Waals surface area contributed by atoms with Gasteiger partial charge in [-0.15, -0.1) is 0 Å². The number of amides is 2. The van der Waals surface area contributed by atoms with Crippen LogP contribution in [0.4, 0.5) is 5.69 Å². The predicted octanol–water partition coefficient (Wildman–Crippen LogP) is 4.42. The summed E-state index contributed by atoms with van der Waals surface area (Å²) in [5.41, 5.74) is 1.82. The van der Waals surface area contributed by atoms with Crippen molar-refractivity contribution in [2.45, 2.75) is 45.1 Å². The summed E-state index contributed by atoms with van der Waals surface area (Å²) < 4.78 is 11.8. The lowest BCUT2D eigenvalue weighted by molar-refractivity contribution is -0.118. The van der Waals surface area contributed by atoms with E-state index in [0.29, 0.717) is 11.4 Å². The van der Waals surface area contributed by atoms with Gasteiger partial charge in [-0.05, 0) is 61.7 Å². The summed E-state index contributed by atoms with van der Waals surface area (Å²) in [6.07, 6.45) is 5.09. The summed E-state index contributed by atoms with van der Waals surface area (Å²) in [5.74, 6) is -0.987. The van der Waals surface area contributed by atoms with E-state index in [-0.39, 0.29) is 29.9 Å². The molecule has 0 bridgehead atoms. The molecule has 8 heteroatoms. The number of ether oxygens (including phenoxy) is 2. The molecule has 0 spiro atoms. The molecule has 1 fully saturated rings. The van der Waals surface area contributed by atoms with Gasteiger partial charge in [0.2, 0.25) is 5.78 Å². The van der Waals surface area contributed by atoms with E-state index in [0.717, 1.165) is 35.7 Å². The van der Waals surface area contributed by atoms with E-state index < -0.39 is 11.7 Å². The second kappa shape index (κ2) is 11.1. The quantitative estimate of drug-likeness (QED) is 0.411. The Morgan fingerprint density at radius 2 is 1.78 bits per heavy atom. The standard InChI is InChI=1S/C24H27BrN2O5/c1-15-12-17(25)9-10-19(15)27-22(28)14-32-20-11-8-16(13-21(20)31-2)23(29)24(30)26-18-6-4-3-5-7-18/h8-13,18H,3-7,14H2,1-2H3,(H,26,30)(H,27,28). The number of halogens is 1. The minimum atomic E-state index is -0.621. The zero-order chi connectivity index (χ0) is 23.1. The summed E-state index contributed by atoms with van der Waals surface area (Å²) in [6.45, 7) is 1.66. The van der Waals surface area contributed by atoms with Gasteiger partial charge in [-0.25, -0.2) is 0 Å². The predicted molar refractivity (Wildman–Crippen MR) is 125 cm³/mol. The van der Waals surface area contributed by atoms with Crippen LogP contribution in [0.5, 0.6) is 11.5 Å². The van der Waals surface area contributed by atoms with Crippen molar-refractivity contribution in [1.29, 1.82) is 0 Å². The first-order valence-corrected chi connectivity index (χ1v) is 11.4. The Balaban J connectivity index is 1.60. The van der Waals surface area contributed by atoms with Gasteiger partial charge in [-0.3, -0.25) is 14.4 Å². The minimum absolute atomic E-state index is 0.0533. The maximum Gasteiger partial charge on any atom is 0.292 e. The molecule has 170 valence electrons. The number of aryl methyl sites for hydroxylation is 1. The normalized spacial score (nSPS) is 13.8. The molecule has 2 amide bonds. The van der Waals surface area contributed by atoms with Crippen LogP contribution >= 0.6 is 15.9 Å².